The fourth-order valence-electron chi connectivity index (χ4n) is 1.36. The molecule has 0 radical (unpaired) electrons. The molecule has 6 heteroatoms. The Balaban J connectivity index is 2.33. The molecule has 2 heterocycles. The third-order valence-corrected chi connectivity index (χ3v) is 3.03. The van der Waals surface area contributed by atoms with E-state index in [1.165, 1.54) is 0 Å². The van der Waals surface area contributed by atoms with Crippen molar-refractivity contribution in [3.63, 3.8) is 0 Å². The average Bonchev–Trinajstić information content (AvgIpc) is 3.03. The van der Waals surface area contributed by atoms with E-state index in [1.54, 1.807) is 11.3 Å². The number of allylic oxidation sites excluding steroid dienone is 6. The van der Waals surface area contributed by atoms with Crippen molar-refractivity contribution in [3.05, 3.63) is 40.8 Å². The van der Waals surface area contributed by atoms with Crippen LogP contribution in [0.3, 0.4) is 0 Å². The molecule has 92 valence electrons. The monoisotopic (exact) mass is 259 g/mol. The topological polar surface area (TPSA) is 67.3 Å². The second-order valence-corrected chi connectivity index (χ2v) is 4.28. The van der Waals surface area contributed by atoms with Gasteiger partial charge in [0.15, 0.2) is 0 Å². The first-order valence-corrected chi connectivity index (χ1v) is 6.38. The summed E-state index contributed by atoms with van der Waals surface area (Å²) in [4.78, 5) is 4.50. The summed E-state index contributed by atoms with van der Waals surface area (Å²) in [6.45, 7) is 3.97. The zero-order chi connectivity index (χ0) is 12.8. The Morgan fingerprint density at radius 1 is 1.33 bits per heavy atom. The zero-order valence-corrected chi connectivity index (χ0v) is 11.0. The van der Waals surface area contributed by atoms with Crippen LogP contribution in [0.15, 0.2) is 35.8 Å². The Morgan fingerprint density at radius 3 is 2.89 bits per heavy atom. The van der Waals surface area contributed by atoms with Gasteiger partial charge >= 0.3 is 0 Å². The van der Waals surface area contributed by atoms with Crippen molar-refractivity contribution in [1.29, 1.82) is 0 Å². The van der Waals surface area contributed by atoms with E-state index in [0.717, 1.165) is 16.3 Å². The van der Waals surface area contributed by atoms with Gasteiger partial charge in [-0.3, -0.25) is 0 Å². The van der Waals surface area contributed by atoms with Crippen molar-refractivity contribution in [3.8, 4) is 11.5 Å². The number of aromatic amines is 1. The second-order valence-electron chi connectivity index (χ2n) is 3.42. The molecule has 0 aliphatic heterocycles. The number of rotatable bonds is 4. The molecule has 0 aromatic carbocycles. The molecule has 0 fully saturated rings. The van der Waals surface area contributed by atoms with Gasteiger partial charge in [-0.05, 0) is 19.1 Å². The van der Waals surface area contributed by atoms with Crippen LogP contribution in [0.2, 0.25) is 0 Å². The van der Waals surface area contributed by atoms with Crippen LogP contribution < -0.4 is 0 Å². The summed E-state index contributed by atoms with van der Waals surface area (Å²) < 4.78 is 0. The molecule has 2 rings (SSSR count). The number of hydrogen-bond acceptors (Lipinski definition) is 5. The van der Waals surface area contributed by atoms with E-state index < -0.39 is 0 Å². The van der Waals surface area contributed by atoms with Crippen molar-refractivity contribution >= 4 is 16.9 Å². The summed E-state index contributed by atoms with van der Waals surface area (Å²) >= 11 is 1.56. The van der Waals surface area contributed by atoms with Crippen LogP contribution in [0, 0.1) is 0 Å². The first-order chi connectivity index (χ1) is 8.85. The molecule has 0 aliphatic rings. The molecule has 0 amide bonds. The Labute approximate surface area is 109 Å². The first kappa shape index (κ1) is 12.4. The summed E-state index contributed by atoms with van der Waals surface area (Å²) in [5.41, 5.74) is 1.80. The van der Waals surface area contributed by atoms with Gasteiger partial charge < -0.3 is 0 Å². The summed E-state index contributed by atoms with van der Waals surface area (Å²) in [6, 6.07) is 0. The summed E-state index contributed by atoms with van der Waals surface area (Å²) in [6.07, 6.45) is 10.0. The van der Waals surface area contributed by atoms with Crippen LogP contribution in [-0.2, 0) is 0 Å². The Kier molecular flexibility index (Phi) is 4.14. The minimum Gasteiger partial charge on any atom is -0.233 e. The van der Waals surface area contributed by atoms with E-state index in [4.69, 9.17) is 0 Å². The highest BCUT2D eigenvalue weighted by Crippen LogP contribution is 2.24. The second kappa shape index (κ2) is 6.02. The maximum absolute atomic E-state index is 4.50. The van der Waals surface area contributed by atoms with Crippen LogP contribution in [-0.4, -0.2) is 25.6 Å². The number of H-pyrrole nitrogens is 1. The highest BCUT2D eigenvalue weighted by molar-refractivity contribution is 7.11. The Hall–Kier alpha value is -2.08. The van der Waals surface area contributed by atoms with E-state index in [0.29, 0.717) is 5.82 Å². The van der Waals surface area contributed by atoms with E-state index in [9.17, 15) is 0 Å². The summed E-state index contributed by atoms with van der Waals surface area (Å²) in [7, 11) is 0. The van der Waals surface area contributed by atoms with Crippen molar-refractivity contribution in [2.45, 2.75) is 13.8 Å². The first-order valence-electron chi connectivity index (χ1n) is 5.50. The van der Waals surface area contributed by atoms with Crippen molar-refractivity contribution in [2.75, 3.05) is 0 Å². The quantitative estimate of drug-likeness (QED) is 0.857. The molecule has 2 aromatic heterocycles. The lowest BCUT2D eigenvalue weighted by atomic mass is 10.2. The maximum Gasteiger partial charge on any atom is 0.223 e. The number of tetrazole rings is 1. The molecule has 0 bridgehead atoms. The lowest BCUT2D eigenvalue weighted by molar-refractivity contribution is 0.881. The van der Waals surface area contributed by atoms with E-state index in [2.05, 4.69) is 25.6 Å². The van der Waals surface area contributed by atoms with Gasteiger partial charge in [0.25, 0.3) is 0 Å². The number of nitrogens with one attached hydrogen (secondary N) is 1. The van der Waals surface area contributed by atoms with Crippen LogP contribution in [0.5, 0.6) is 0 Å². The Morgan fingerprint density at radius 2 is 2.22 bits per heavy atom. The van der Waals surface area contributed by atoms with Gasteiger partial charge in [0, 0.05) is 11.0 Å². The highest BCUT2D eigenvalue weighted by atomic mass is 32.1. The average molecular weight is 259 g/mol. The van der Waals surface area contributed by atoms with Crippen LogP contribution in [0.4, 0.5) is 0 Å². The number of aromatic nitrogens is 5. The summed E-state index contributed by atoms with van der Waals surface area (Å²) in [5.74, 6) is 0.517. The van der Waals surface area contributed by atoms with Crippen LogP contribution >= 0.6 is 11.3 Å². The molecule has 18 heavy (non-hydrogen) atoms. The molecule has 5 nitrogen and oxygen atoms in total. The summed E-state index contributed by atoms with van der Waals surface area (Å²) in [5, 5.41) is 16.6. The van der Waals surface area contributed by atoms with Gasteiger partial charge in [0.05, 0.1) is 0 Å². The molecule has 2 aromatic rings. The molecule has 0 atom stereocenters. The lowest BCUT2D eigenvalue weighted by Crippen LogP contribution is -1.83. The molecule has 0 unspecified atom stereocenters. The van der Waals surface area contributed by atoms with Gasteiger partial charge in [-0.25, -0.2) is 4.98 Å². The Bertz CT molecular complexity index is 577. The maximum atomic E-state index is 4.50. The molecule has 0 spiro atoms. The normalized spacial score (nSPS) is 12.9. The van der Waals surface area contributed by atoms with Gasteiger partial charge in [-0.1, -0.05) is 30.4 Å². The molecule has 0 saturated heterocycles. The largest absolute Gasteiger partial charge is 0.233 e. The number of hydrogen-bond donors (Lipinski definition) is 1. The zero-order valence-electron chi connectivity index (χ0n) is 10.2. The molecule has 0 saturated carbocycles. The standard InChI is InChI=1S/C12H13N5S/c1-3-5-7-9(6-4-2)12-13-10(8-18-12)11-14-16-17-15-11/h3-8H,1-2H3,(H,14,15,16,17)/b5-3+,6-4-,9-7+. The molecule has 1 N–H and O–H groups in total. The lowest BCUT2D eigenvalue weighted by Gasteiger charge is -1.94. The van der Waals surface area contributed by atoms with Crippen molar-refractivity contribution in [1.82, 2.24) is 25.6 Å². The van der Waals surface area contributed by atoms with Crippen LogP contribution in [0.1, 0.15) is 18.9 Å². The SMILES string of the molecule is C\C=C/C(=C\C=C\C)c1nc(-c2nn[nH]n2)cs1. The minimum atomic E-state index is 0.517. The number of nitrogens with zero attached hydrogens (tertiary/aromatic N) is 4. The van der Waals surface area contributed by atoms with Gasteiger partial charge in [0.2, 0.25) is 5.82 Å². The van der Waals surface area contributed by atoms with Crippen molar-refractivity contribution < 1.29 is 0 Å². The van der Waals surface area contributed by atoms with Crippen LogP contribution in [0.25, 0.3) is 17.1 Å². The van der Waals surface area contributed by atoms with E-state index in [1.807, 2.05) is 49.6 Å². The third kappa shape index (κ3) is 2.78. The van der Waals surface area contributed by atoms with Gasteiger partial charge in [-0.15, -0.1) is 21.5 Å². The van der Waals surface area contributed by atoms with Gasteiger partial charge in [-0.2, -0.15) is 5.21 Å². The number of thiazole rings is 1. The predicted molar refractivity (Wildman–Crippen MR) is 72.9 cm³/mol. The third-order valence-electron chi connectivity index (χ3n) is 2.14. The fourth-order valence-corrected chi connectivity index (χ4v) is 2.16. The smallest absolute Gasteiger partial charge is 0.223 e. The highest BCUT2D eigenvalue weighted by Gasteiger charge is 2.09. The van der Waals surface area contributed by atoms with E-state index in [-0.39, 0.29) is 0 Å². The molecular weight excluding hydrogens is 246 g/mol. The van der Waals surface area contributed by atoms with E-state index >= 15 is 0 Å². The van der Waals surface area contributed by atoms with Crippen molar-refractivity contribution in [2.24, 2.45) is 0 Å². The fraction of sp³-hybridized carbons (Fsp3) is 0.167. The molecular formula is C12H13N5S. The minimum absolute atomic E-state index is 0.517. The molecule has 0 aliphatic carbocycles. The predicted octanol–water partition coefficient (Wildman–Crippen LogP) is 2.86. The van der Waals surface area contributed by atoms with Gasteiger partial charge in [0.1, 0.15) is 10.7 Å².